The van der Waals surface area contributed by atoms with E-state index in [0.717, 1.165) is 6.08 Å². The van der Waals surface area contributed by atoms with Crippen LogP contribution in [-0.4, -0.2) is 17.4 Å². The molecule has 0 fully saturated rings. The number of rotatable bonds is 6. The Balaban J connectivity index is 2.12. The lowest BCUT2D eigenvalue weighted by atomic mass is 10.2. The zero-order valence-electron chi connectivity index (χ0n) is 12.9. The zero-order chi connectivity index (χ0) is 19.3. The number of ether oxygens (including phenoxy) is 2. The first-order chi connectivity index (χ1) is 12.1. The van der Waals surface area contributed by atoms with Gasteiger partial charge in [0.2, 0.25) is 0 Å². The van der Waals surface area contributed by atoms with Crippen LogP contribution >= 0.6 is 31.9 Å². The predicted octanol–water partition coefficient (Wildman–Crippen LogP) is 5.79. The number of hydrogen-bond acceptors (Lipinski definition) is 3. The average Bonchev–Trinajstić information content (AvgIpc) is 2.51. The molecule has 1 N–H and O–H groups in total. The maximum absolute atomic E-state index is 12.3. The second-order valence-corrected chi connectivity index (χ2v) is 6.68. The van der Waals surface area contributed by atoms with Gasteiger partial charge in [-0.25, -0.2) is 4.79 Å². The second-order valence-electron chi connectivity index (χ2n) is 4.97. The molecule has 0 atom stereocenters. The molecule has 138 valence electrons. The lowest BCUT2D eigenvalue weighted by Gasteiger charge is -2.13. The van der Waals surface area contributed by atoms with Crippen molar-refractivity contribution in [3.8, 4) is 11.5 Å². The van der Waals surface area contributed by atoms with Crippen molar-refractivity contribution in [1.29, 1.82) is 0 Å². The van der Waals surface area contributed by atoms with Crippen LogP contribution in [0.1, 0.15) is 11.1 Å². The SMILES string of the molecule is O=C(O)C=Cc1cc(Br)c(OCc2cccc(OC(F)(F)F)c2)c(Br)c1. The summed E-state index contributed by atoms with van der Waals surface area (Å²) in [5.41, 5.74) is 1.11. The molecule has 0 radical (unpaired) electrons. The molecule has 0 bridgehead atoms. The van der Waals surface area contributed by atoms with E-state index in [1.165, 1.54) is 24.3 Å². The van der Waals surface area contributed by atoms with Crippen molar-refractivity contribution in [1.82, 2.24) is 0 Å². The highest BCUT2D eigenvalue weighted by molar-refractivity contribution is 9.11. The lowest BCUT2D eigenvalue weighted by Crippen LogP contribution is -2.17. The van der Waals surface area contributed by atoms with Gasteiger partial charge in [0.15, 0.2) is 0 Å². The molecule has 2 aromatic carbocycles. The van der Waals surface area contributed by atoms with Gasteiger partial charge in [-0.05, 0) is 73.3 Å². The number of halogens is 5. The molecule has 2 aromatic rings. The van der Waals surface area contributed by atoms with Gasteiger partial charge in [-0.1, -0.05) is 12.1 Å². The van der Waals surface area contributed by atoms with E-state index in [4.69, 9.17) is 9.84 Å². The van der Waals surface area contributed by atoms with E-state index in [1.807, 2.05) is 0 Å². The molecule has 26 heavy (non-hydrogen) atoms. The van der Waals surface area contributed by atoms with Crippen LogP contribution in [0.4, 0.5) is 13.2 Å². The molecule has 0 aromatic heterocycles. The van der Waals surface area contributed by atoms with Gasteiger partial charge in [0.1, 0.15) is 18.1 Å². The Kier molecular flexibility index (Phi) is 6.71. The van der Waals surface area contributed by atoms with Crippen molar-refractivity contribution in [2.45, 2.75) is 13.0 Å². The van der Waals surface area contributed by atoms with Crippen molar-refractivity contribution in [2.24, 2.45) is 0 Å². The lowest BCUT2D eigenvalue weighted by molar-refractivity contribution is -0.274. The topological polar surface area (TPSA) is 55.8 Å². The molecule has 0 saturated heterocycles. The highest BCUT2D eigenvalue weighted by atomic mass is 79.9. The highest BCUT2D eigenvalue weighted by Crippen LogP contribution is 2.36. The predicted molar refractivity (Wildman–Crippen MR) is 96.0 cm³/mol. The van der Waals surface area contributed by atoms with Crippen LogP contribution in [0.5, 0.6) is 11.5 Å². The number of carboxylic acids is 1. The Hall–Kier alpha value is -2.00. The number of hydrogen-bond donors (Lipinski definition) is 1. The van der Waals surface area contributed by atoms with Crippen molar-refractivity contribution in [3.63, 3.8) is 0 Å². The number of carboxylic acid groups (broad SMARTS) is 1. The first-order valence-electron chi connectivity index (χ1n) is 7.01. The van der Waals surface area contributed by atoms with E-state index >= 15 is 0 Å². The Morgan fingerprint density at radius 1 is 1.15 bits per heavy atom. The maximum Gasteiger partial charge on any atom is 0.573 e. The summed E-state index contributed by atoms with van der Waals surface area (Å²) in [6.45, 7) is 0.0105. The number of aliphatic carboxylic acids is 1. The van der Waals surface area contributed by atoms with Crippen molar-refractivity contribution < 1.29 is 32.5 Å². The third kappa shape index (κ3) is 6.38. The van der Waals surface area contributed by atoms with Gasteiger partial charge in [0, 0.05) is 6.08 Å². The Morgan fingerprint density at radius 3 is 2.38 bits per heavy atom. The molecule has 0 heterocycles. The normalized spacial score (nSPS) is 11.6. The monoisotopic (exact) mass is 494 g/mol. The minimum Gasteiger partial charge on any atom is -0.487 e. The summed E-state index contributed by atoms with van der Waals surface area (Å²) in [7, 11) is 0. The van der Waals surface area contributed by atoms with Crippen molar-refractivity contribution in [3.05, 3.63) is 62.5 Å². The maximum atomic E-state index is 12.3. The van der Waals surface area contributed by atoms with Crippen LogP contribution in [-0.2, 0) is 11.4 Å². The summed E-state index contributed by atoms with van der Waals surface area (Å²) in [6.07, 6.45) is -2.34. The summed E-state index contributed by atoms with van der Waals surface area (Å²) in [6, 6.07) is 8.79. The Morgan fingerprint density at radius 2 is 1.81 bits per heavy atom. The third-order valence-corrected chi connectivity index (χ3v) is 4.13. The van der Waals surface area contributed by atoms with E-state index in [9.17, 15) is 18.0 Å². The zero-order valence-corrected chi connectivity index (χ0v) is 16.1. The van der Waals surface area contributed by atoms with E-state index in [1.54, 1.807) is 18.2 Å². The molecule has 0 unspecified atom stereocenters. The van der Waals surface area contributed by atoms with E-state index < -0.39 is 12.3 Å². The molecule has 0 aliphatic carbocycles. The molecular formula is C17H11Br2F3O4. The van der Waals surface area contributed by atoms with Crippen LogP contribution < -0.4 is 9.47 Å². The van der Waals surface area contributed by atoms with Gasteiger partial charge in [-0.15, -0.1) is 13.2 Å². The number of benzene rings is 2. The third-order valence-electron chi connectivity index (χ3n) is 2.95. The highest BCUT2D eigenvalue weighted by Gasteiger charge is 2.31. The Bertz CT molecular complexity index is 812. The summed E-state index contributed by atoms with van der Waals surface area (Å²) in [4.78, 5) is 10.6. The first kappa shape index (κ1) is 20.3. The fourth-order valence-electron chi connectivity index (χ4n) is 1.97. The number of carbonyl (C=O) groups is 1. The fourth-order valence-corrected chi connectivity index (χ4v) is 3.42. The molecule has 4 nitrogen and oxygen atoms in total. The summed E-state index contributed by atoms with van der Waals surface area (Å²) in [5, 5.41) is 8.66. The molecule has 0 amide bonds. The molecule has 0 aliphatic heterocycles. The summed E-state index contributed by atoms with van der Waals surface area (Å²) >= 11 is 6.65. The van der Waals surface area contributed by atoms with Gasteiger partial charge < -0.3 is 14.6 Å². The first-order valence-corrected chi connectivity index (χ1v) is 8.60. The van der Waals surface area contributed by atoms with Crippen LogP contribution in [0.15, 0.2) is 51.4 Å². The van der Waals surface area contributed by atoms with E-state index in [-0.39, 0.29) is 12.4 Å². The van der Waals surface area contributed by atoms with Gasteiger partial charge in [-0.3, -0.25) is 0 Å². The van der Waals surface area contributed by atoms with Gasteiger partial charge in [-0.2, -0.15) is 0 Å². The molecule has 0 aliphatic rings. The number of alkyl halides is 3. The van der Waals surface area contributed by atoms with Crippen LogP contribution in [0.3, 0.4) is 0 Å². The minimum absolute atomic E-state index is 0.0105. The minimum atomic E-state index is -4.76. The van der Waals surface area contributed by atoms with Crippen molar-refractivity contribution in [2.75, 3.05) is 0 Å². The summed E-state index contributed by atoms with van der Waals surface area (Å²) < 4.78 is 47.4. The largest absolute Gasteiger partial charge is 0.573 e. The average molecular weight is 496 g/mol. The van der Waals surface area contributed by atoms with Gasteiger partial charge in [0.25, 0.3) is 0 Å². The standard InChI is InChI=1S/C17H11Br2F3O4/c18-13-7-10(4-5-15(23)24)8-14(19)16(13)25-9-11-2-1-3-12(6-11)26-17(20,21)22/h1-8H,9H2,(H,23,24). The van der Waals surface area contributed by atoms with E-state index in [2.05, 4.69) is 36.6 Å². The van der Waals surface area contributed by atoms with Crippen molar-refractivity contribution >= 4 is 43.9 Å². The van der Waals surface area contributed by atoms with Crippen LogP contribution in [0.2, 0.25) is 0 Å². The molecule has 0 spiro atoms. The second kappa shape index (κ2) is 8.59. The fraction of sp³-hybridized carbons (Fsp3) is 0.118. The molecule has 9 heteroatoms. The molecular weight excluding hydrogens is 485 g/mol. The van der Waals surface area contributed by atoms with Crippen LogP contribution in [0.25, 0.3) is 6.08 Å². The van der Waals surface area contributed by atoms with Gasteiger partial charge in [0.05, 0.1) is 8.95 Å². The quantitative estimate of drug-likeness (QED) is 0.515. The van der Waals surface area contributed by atoms with Gasteiger partial charge >= 0.3 is 12.3 Å². The van der Waals surface area contributed by atoms with E-state index in [0.29, 0.717) is 25.8 Å². The smallest absolute Gasteiger partial charge is 0.487 e. The molecule has 0 saturated carbocycles. The van der Waals surface area contributed by atoms with Crippen LogP contribution in [0, 0.1) is 0 Å². The summed E-state index contributed by atoms with van der Waals surface area (Å²) in [5.74, 6) is -0.968. The molecule has 2 rings (SSSR count). The Labute approximate surface area is 163 Å².